The van der Waals surface area contributed by atoms with Gasteiger partial charge in [0.2, 0.25) is 0 Å². The summed E-state index contributed by atoms with van der Waals surface area (Å²) in [5, 5.41) is 0.732. The third-order valence-electron chi connectivity index (χ3n) is 9.17. The van der Waals surface area contributed by atoms with Gasteiger partial charge in [0.15, 0.2) is 6.10 Å². The molecular formula is C57H87AsNO9P. The molecule has 0 spiro atoms. The van der Waals surface area contributed by atoms with Gasteiger partial charge in [0.05, 0.1) is 13.2 Å². The van der Waals surface area contributed by atoms with Crippen LogP contribution >= 0.6 is 7.82 Å². The molecule has 12 heteroatoms. The summed E-state index contributed by atoms with van der Waals surface area (Å²) in [6.07, 6.45) is 72.2. The van der Waals surface area contributed by atoms with Gasteiger partial charge in [-0.15, -0.1) is 0 Å². The summed E-state index contributed by atoms with van der Waals surface area (Å²) in [5.41, 5.74) is 9.10. The number of rotatable bonds is 43. The Morgan fingerprint density at radius 1 is 0.507 bits per heavy atom. The van der Waals surface area contributed by atoms with Crippen LogP contribution in [0.4, 0.5) is 0 Å². The number of nitrogens with two attached hydrogens (primary N) is 1. The molecule has 0 aliphatic rings. The summed E-state index contributed by atoms with van der Waals surface area (Å²) in [6.45, 7) is 1.14. The van der Waals surface area contributed by atoms with Crippen LogP contribution in [0, 0.1) is 0 Å². The predicted molar refractivity (Wildman–Crippen MR) is 291 cm³/mol. The van der Waals surface area contributed by atoms with Gasteiger partial charge in [-0.1, -0.05) is 128 Å². The number of carbonyl (C=O) groups is 2. The van der Waals surface area contributed by atoms with Crippen molar-refractivity contribution < 1.29 is 41.3 Å². The molecule has 0 aliphatic carbocycles. The minimum Gasteiger partial charge on any atom is -0.328 e. The van der Waals surface area contributed by atoms with Crippen LogP contribution in [0.2, 0.25) is 16.6 Å². The fourth-order valence-corrected chi connectivity index (χ4v) is 7.69. The Morgan fingerprint density at radius 2 is 0.870 bits per heavy atom. The Morgan fingerprint density at radius 3 is 1.25 bits per heavy atom. The maximum absolute atomic E-state index is 12.6. The van der Waals surface area contributed by atoms with E-state index < -0.39 is 46.0 Å². The molecule has 2 atom stereocenters. The quantitative estimate of drug-likeness (QED) is 0.0198. The van der Waals surface area contributed by atoms with Crippen molar-refractivity contribution in [2.45, 2.75) is 145 Å². The molecule has 0 aromatic rings. The Balaban J connectivity index is 4.33. The molecular weight excluding hydrogens is 949 g/mol. The molecule has 0 aliphatic heterocycles. The van der Waals surface area contributed by atoms with Gasteiger partial charge in [0.25, 0.3) is 0 Å². The number of phosphoric acid groups is 1. The van der Waals surface area contributed by atoms with Crippen molar-refractivity contribution in [3.05, 3.63) is 170 Å². The molecule has 0 saturated heterocycles. The standard InChI is InChI=1S/C57H87AsNO9P/c1-4-5-6-7-8-9-10-11-12-13-21-25-28-31-34-37-40-43-46-49-57(61)68-55(54-67-69(63,64)66-52-51-59)53-65-56(60)48-45-42-39-36-33-30-27-24-22-19-17-15-14-16-18-20-23-26-29-32-35-38-41-44-47-50-58(2,3)62/h5-6,8-9,11-12,14-15,18-22,25-27,29-31,34-36,38-40,43-44,47,55H,4,7,10,13,16-17,23-24,28,32-33,37,41-42,45-46,48-54,59H2,1-3H3,(H,63,64). The minimum absolute atomic E-state index is 0.0200. The zero-order valence-corrected chi connectivity index (χ0v) is 45.0. The van der Waals surface area contributed by atoms with E-state index in [1.807, 2.05) is 35.7 Å². The second-order valence-electron chi connectivity index (χ2n) is 16.2. The first-order valence-electron chi connectivity index (χ1n) is 24.8. The van der Waals surface area contributed by atoms with Crippen LogP contribution in [-0.2, 0) is 36.4 Å². The average Bonchev–Trinajstić information content (AvgIpc) is 3.31. The van der Waals surface area contributed by atoms with E-state index in [0.717, 1.165) is 88.7 Å². The molecule has 0 saturated carbocycles. The summed E-state index contributed by atoms with van der Waals surface area (Å²) in [4.78, 5) is 35.0. The molecule has 384 valence electrons. The number of phosphoric ester groups is 1. The number of hydrogen-bond acceptors (Lipinski definition) is 9. The van der Waals surface area contributed by atoms with Gasteiger partial charge in [-0.3, -0.25) is 18.6 Å². The summed E-state index contributed by atoms with van der Waals surface area (Å²) in [6, 6.07) is 0. The maximum Gasteiger partial charge on any atom is 0.472 e. The van der Waals surface area contributed by atoms with Crippen LogP contribution in [0.3, 0.4) is 0 Å². The van der Waals surface area contributed by atoms with E-state index in [0.29, 0.717) is 19.3 Å². The SMILES string of the molecule is CCC=CCC=CCC=CCC=CCC=CCC=CCCC(=O)OC(COC(=O)CCCC=CCC=CCC=CCC=CCC=CCC=CCC=CCC=CC[As](C)(C)=O)COP(=O)(O)OCCN. The first-order chi connectivity index (χ1) is 33.5. The summed E-state index contributed by atoms with van der Waals surface area (Å²) < 4.78 is 44.4. The fraction of sp³-hybridized carbons (Fsp3) is 0.474. The molecule has 0 aromatic heterocycles. The van der Waals surface area contributed by atoms with Crippen LogP contribution in [0.15, 0.2) is 170 Å². The second-order valence-corrected chi connectivity index (χ2v) is 25.0. The van der Waals surface area contributed by atoms with E-state index in [-0.39, 0.29) is 32.6 Å². The molecule has 2 unspecified atom stereocenters. The van der Waals surface area contributed by atoms with Gasteiger partial charge >= 0.3 is 121 Å². The Hall–Kier alpha value is -4.27. The van der Waals surface area contributed by atoms with Crippen molar-refractivity contribution in [2.24, 2.45) is 5.73 Å². The molecule has 0 radical (unpaired) electrons. The third kappa shape index (κ3) is 52.9. The van der Waals surface area contributed by atoms with Crippen LogP contribution in [0.1, 0.15) is 122 Å². The van der Waals surface area contributed by atoms with Crippen molar-refractivity contribution in [1.29, 1.82) is 0 Å². The number of hydrogen-bond donors (Lipinski definition) is 2. The van der Waals surface area contributed by atoms with Crippen molar-refractivity contribution in [3.8, 4) is 0 Å². The fourth-order valence-electron chi connectivity index (χ4n) is 5.55. The Kier molecular flexibility index (Phi) is 45.7. The number of unbranched alkanes of at least 4 members (excludes halogenated alkanes) is 1. The zero-order chi connectivity index (χ0) is 50.6. The molecule has 0 fully saturated rings. The first-order valence-corrected chi connectivity index (χ1v) is 32.1. The minimum atomic E-state index is -4.44. The van der Waals surface area contributed by atoms with E-state index in [4.69, 9.17) is 24.3 Å². The predicted octanol–water partition coefficient (Wildman–Crippen LogP) is 15.0. The van der Waals surface area contributed by atoms with E-state index in [2.05, 4.69) is 153 Å². The smallest absolute Gasteiger partial charge is 0.328 e. The monoisotopic (exact) mass is 1040 g/mol. The van der Waals surface area contributed by atoms with Gasteiger partial charge in [0, 0.05) is 19.4 Å². The van der Waals surface area contributed by atoms with Crippen molar-refractivity contribution in [2.75, 3.05) is 26.4 Å². The largest absolute Gasteiger partial charge is 0.472 e. The normalized spacial score (nSPS) is 14.8. The molecule has 3 N–H and O–H groups in total. The van der Waals surface area contributed by atoms with Crippen molar-refractivity contribution >= 4 is 33.3 Å². The van der Waals surface area contributed by atoms with Crippen LogP contribution in [-0.4, -0.2) is 62.8 Å². The molecule has 69 heavy (non-hydrogen) atoms. The average molecular weight is 1040 g/mol. The summed E-state index contributed by atoms with van der Waals surface area (Å²) in [7, 11) is -4.44. The number of carbonyl (C=O) groups excluding carboxylic acids is 2. The first kappa shape index (κ1) is 64.7. The third-order valence-corrected chi connectivity index (χ3v) is 12.4. The Labute approximate surface area is 420 Å². The van der Waals surface area contributed by atoms with Gasteiger partial charge < -0.3 is 20.1 Å². The van der Waals surface area contributed by atoms with E-state index >= 15 is 0 Å². The van der Waals surface area contributed by atoms with Crippen molar-refractivity contribution in [3.63, 3.8) is 0 Å². The van der Waals surface area contributed by atoms with Gasteiger partial charge in [-0.05, 0) is 83.5 Å². The van der Waals surface area contributed by atoms with E-state index in [9.17, 15) is 22.8 Å². The molecule has 10 nitrogen and oxygen atoms in total. The molecule has 0 rings (SSSR count). The molecule has 0 bridgehead atoms. The maximum atomic E-state index is 12.6. The van der Waals surface area contributed by atoms with Crippen LogP contribution < -0.4 is 5.73 Å². The van der Waals surface area contributed by atoms with Gasteiger partial charge in [-0.25, -0.2) is 4.57 Å². The van der Waals surface area contributed by atoms with Gasteiger partial charge in [0.1, 0.15) is 6.61 Å². The number of ether oxygens (including phenoxy) is 2. The van der Waals surface area contributed by atoms with Crippen molar-refractivity contribution in [1.82, 2.24) is 0 Å². The van der Waals surface area contributed by atoms with Crippen LogP contribution in [0.5, 0.6) is 0 Å². The zero-order valence-electron chi connectivity index (χ0n) is 42.2. The topological polar surface area (TPSA) is 151 Å². The summed E-state index contributed by atoms with van der Waals surface area (Å²) in [5.74, 6) is -1.03. The van der Waals surface area contributed by atoms with E-state index in [1.54, 1.807) is 0 Å². The van der Waals surface area contributed by atoms with Crippen LogP contribution in [0.25, 0.3) is 0 Å². The molecule has 0 amide bonds. The molecule has 0 heterocycles. The Bertz CT molecular complexity index is 1840. The van der Waals surface area contributed by atoms with E-state index in [1.165, 1.54) is 0 Å². The molecule has 0 aromatic carbocycles. The second kappa shape index (κ2) is 48.7. The summed E-state index contributed by atoms with van der Waals surface area (Å²) >= 11 is -2.53. The number of esters is 2. The number of allylic oxidation sites excluding steroid dienone is 28. The van der Waals surface area contributed by atoms with Gasteiger partial charge in [-0.2, -0.15) is 0 Å².